The monoisotopic (exact) mass is 590 g/mol. The number of nitrogens with one attached hydrogen (secondary N) is 1. The van der Waals surface area contributed by atoms with Crippen LogP contribution in [0, 0.1) is 23.0 Å². The molecule has 6 nitrogen and oxygen atoms in total. The van der Waals surface area contributed by atoms with E-state index in [0.717, 1.165) is 55.3 Å². The summed E-state index contributed by atoms with van der Waals surface area (Å²) < 4.78 is 44.5. The normalized spacial score (nSPS) is 17.6. The predicted octanol–water partition coefficient (Wildman–Crippen LogP) is 9.02. The van der Waals surface area contributed by atoms with E-state index < -0.39 is 23.2 Å². The summed E-state index contributed by atoms with van der Waals surface area (Å²) in [4.78, 5) is 15.8. The molecule has 0 saturated heterocycles. The van der Waals surface area contributed by atoms with E-state index in [1.54, 1.807) is 11.4 Å². The quantitative estimate of drug-likeness (QED) is 0.241. The van der Waals surface area contributed by atoms with Gasteiger partial charge in [-0.3, -0.25) is 0 Å². The maximum Gasteiger partial charge on any atom is 0.338 e. The number of hydrogen-bond donors (Lipinski definition) is 2. The first-order valence-corrected chi connectivity index (χ1v) is 15.1. The smallest absolute Gasteiger partial charge is 0.338 e. The summed E-state index contributed by atoms with van der Waals surface area (Å²) >= 11 is 2.38. The predicted molar refractivity (Wildman–Crippen MR) is 157 cm³/mol. The summed E-state index contributed by atoms with van der Waals surface area (Å²) in [6.45, 7) is 10.7. The molecular weight excluding hydrogens is 554 g/mol. The molecule has 3 aromatic rings. The summed E-state index contributed by atoms with van der Waals surface area (Å²) in [6.07, 6.45) is 4.08. The van der Waals surface area contributed by atoms with Crippen molar-refractivity contribution in [3.05, 3.63) is 52.4 Å². The second-order valence-corrected chi connectivity index (χ2v) is 13.1. The Morgan fingerprint density at radius 3 is 2.48 bits per heavy atom. The van der Waals surface area contributed by atoms with Crippen molar-refractivity contribution in [2.75, 3.05) is 11.8 Å². The molecule has 1 fully saturated rings. The fourth-order valence-electron chi connectivity index (χ4n) is 5.19. The highest BCUT2D eigenvalue weighted by Crippen LogP contribution is 2.47. The molecule has 1 heterocycles. The highest BCUT2D eigenvalue weighted by Gasteiger charge is 2.32. The van der Waals surface area contributed by atoms with Gasteiger partial charge in [0.25, 0.3) is 0 Å². The van der Waals surface area contributed by atoms with Crippen LogP contribution in [0.2, 0.25) is 0 Å². The Balaban J connectivity index is 1.55. The summed E-state index contributed by atoms with van der Waals surface area (Å²) in [6, 6.07) is 5.96. The Morgan fingerprint density at radius 1 is 1.18 bits per heavy atom. The van der Waals surface area contributed by atoms with Crippen LogP contribution < -0.4 is 14.2 Å². The standard InChI is InChI=1S/C30H36F2N2O4S2/c1-16(2)38-27-19(17-7-9-18(10-8-17)30(3,4)5)11-12-20(26(27)32)28-33-25(15-39-28)40-34-23-14-22(31)21(29(35)36)13-24(23)37-6/h11-18,34H,7-10H2,1-6H3,(H,35,36)/t17-,18-. The molecule has 0 spiro atoms. The SMILES string of the molecule is COc1cc(C(=O)O)c(F)cc1NSc1csc(-c2ccc([C@H]3CC[C@H](C(C)(C)C)CC3)c(OC(C)C)c2F)n1. The number of halogens is 2. The van der Waals surface area contributed by atoms with Crippen molar-refractivity contribution in [1.29, 1.82) is 0 Å². The summed E-state index contributed by atoms with van der Waals surface area (Å²) in [7, 11) is 1.37. The molecule has 0 bridgehead atoms. The van der Waals surface area contributed by atoms with Crippen LogP contribution in [0.25, 0.3) is 10.6 Å². The zero-order chi connectivity index (χ0) is 29.2. The Labute approximate surface area is 242 Å². The highest BCUT2D eigenvalue weighted by atomic mass is 32.2. The van der Waals surface area contributed by atoms with Crippen molar-refractivity contribution in [3.63, 3.8) is 0 Å². The van der Waals surface area contributed by atoms with Gasteiger partial charge in [0.15, 0.2) is 11.6 Å². The third-order valence-corrected chi connectivity index (χ3v) is 9.14. The van der Waals surface area contributed by atoms with Crippen LogP contribution >= 0.6 is 23.3 Å². The van der Waals surface area contributed by atoms with E-state index in [1.165, 1.54) is 18.4 Å². The zero-order valence-electron chi connectivity index (χ0n) is 23.6. The van der Waals surface area contributed by atoms with Crippen molar-refractivity contribution in [2.24, 2.45) is 11.3 Å². The lowest BCUT2D eigenvalue weighted by Crippen LogP contribution is -2.25. The van der Waals surface area contributed by atoms with E-state index in [9.17, 15) is 9.18 Å². The molecule has 1 aromatic heterocycles. The number of nitrogens with zero attached hydrogens (tertiary/aromatic N) is 1. The van der Waals surface area contributed by atoms with E-state index in [0.29, 0.717) is 27.3 Å². The number of carbonyl (C=O) groups is 1. The first-order chi connectivity index (χ1) is 18.9. The minimum atomic E-state index is -1.38. The molecule has 40 heavy (non-hydrogen) atoms. The van der Waals surface area contributed by atoms with Gasteiger partial charge in [-0.1, -0.05) is 26.8 Å². The second-order valence-electron chi connectivity index (χ2n) is 11.5. The van der Waals surface area contributed by atoms with Gasteiger partial charge in [-0.2, -0.15) is 0 Å². The van der Waals surface area contributed by atoms with Crippen molar-refractivity contribution in [3.8, 4) is 22.1 Å². The number of ether oxygens (including phenoxy) is 2. The molecule has 10 heteroatoms. The van der Waals surface area contributed by atoms with Gasteiger partial charge in [0.2, 0.25) is 0 Å². The van der Waals surface area contributed by atoms with Crippen LogP contribution in [0.4, 0.5) is 14.5 Å². The number of aromatic nitrogens is 1. The van der Waals surface area contributed by atoms with Gasteiger partial charge >= 0.3 is 5.97 Å². The number of methoxy groups -OCH3 is 1. The van der Waals surface area contributed by atoms with Gasteiger partial charge < -0.3 is 19.3 Å². The molecule has 2 aromatic carbocycles. The van der Waals surface area contributed by atoms with Crippen molar-refractivity contribution in [2.45, 2.75) is 77.3 Å². The number of carboxylic acids is 1. The summed E-state index contributed by atoms with van der Waals surface area (Å²) in [5.74, 6) is -1.27. The lowest BCUT2D eigenvalue weighted by molar-refractivity contribution is 0.0691. The number of benzene rings is 2. The third kappa shape index (κ3) is 6.71. The van der Waals surface area contributed by atoms with Gasteiger partial charge in [0, 0.05) is 29.0 Å². The number of hydrogen-bond acceptors (Lipinski definition) is 7. The topological polar surface area (TPSA) is 80.7 Å². The molecule has 4 rings (SSSR count). The average molecular weight is 591 g/mol. The Hall–Kier alpha value is -2.85. The Morgan fingerprint density at radius 2 is 1.88 bits per heavy atom. The van der Waals surface area contributed by atoms with E-state index in [4.69, 9.17) is 14.6 Å². The fourth-order valence-corrected chi connectivity index (χ4v) is 6.79. The molecule has 1 aliphatic carbocycles. The number of rotatable bonds is 9. The lowest BCUT2D eigenvalue weighted by Gasteiger charge is -2.37. The molecule has 1 aliphatic rings. The first-order valence-electron chi connectivity index (χ1n) is 13.4. The first kappa shape index (κ1) is 30.1. The molecule has 0 unspecified atom stereocenters. The maximum atomic E-state index is 16.0. The molecule has 0 atom stereocenters. The zero-order valence-corrected chi connectivity index (χ0v) is 25.3. The van der Waals surface area contributed by atoms with Crippen molar-refractivity contribution in [1.82, 2.24) is 4.98 Å². The molecule has 2 N–H and O–H groups in total. The fraction of sp³-hybridized carbons (Fsp3) is 0.467. The second kappa shape index (κ2) is 12.3. The van der Waals surface area contributed by atoms with Gasteiger partial charge in [-0.25, -0.2) is 18.6 Å². The summed E-state index contributed by atoms with van der Waals surface area (Å²) in [5.41, 5.74) is 1.34. The van der Waals surface area contributed by atoms with E-state index in [2.05, 4.69) is 30.5 Å². The number of thiazole rings is 1. The molecule has 1 saturated carbocycles. The van der Waals surface area contributed by atoms with Crippen LogP contribution in [-0.2, 0) is 0 Å². The molecule has 0 aliphatic heterocycles. The Kier molecular flexibility index (Phi) is 9.29. The van der Waals surface area contributed by atoms with Gasteiger partial charge in [0.1, 0.15) is 21.6 Å². The average Bonchev–Trinajstić information content (AvgIpc) is 3.36. The molecular formula is C30H36F2N2O4S2. The van der Waals surface area contributed by atoms with Crippen LogP contribution in [-0.4, -0.2) is 29.3 Å². The van der Waals surface area contributed by atoms with E-state index in [1.807, 2.05) is 19.9 Å². The van der Waals surface area contributed by atoms with Crippen LogP contribution in [0.1, 0.15) is 82.1 Å². The van der Waals surface area contributed by atoms with Gasteiger partial charge in [-0.05, 0) is 68.9 Å². The molecule has 0 amide bonds. The number of carboxylic acid groups (broad SMARTS) is 1. The highest BCUT2D eigenvalue weighted by molar-refractivity contribution is 8.00. The number of anilines is 1. The molecule has 216 valence electrons. The number of aromatic carboxylic acids is 1. The van der Waals surface area contributed by atoms with E-state index >= 15 is 4.39 Å². The van der Waals surface area contributed by atoms with Crippen LogP contribution in [0.5, 0.6) is 11.5 Å². The summed E-state index contributed by atoms with van der Waals surface area (Å²) in [5, 5.41) is 12.0. The molecule has 0 radical (unpaired) electrons. The van der Waals surface area contributed by atoms with Gasteiger partial charge in [0.05, 0.1) is 30.0 Å². The minimum Gasteiger partial charge on any atom is -0.495 e. The van der Waals surface area contributed by atoms with Crippen LogP contribution in [0.15, 0.2) is 34.7 Å². The third-order valence-electron chi connectivity index (χ3n) is 7.37. The Bertz CT molecular complexity index is 1360. The van der Waals surface area contributed by atoms with E-state index in [-0.39, 0.29) is 28.9 Å². The largest absolute Gasteiger partial charge is 0.495 e. The lowest BCUT2D eigenvalue weighted by atomic mass is 9.68. The van der Waals surface area contributed by atoms with Crippen LogP contribution in [0.3, 0.4) is 0 Å². The maximum absolute atomic E-state index is 16.0. The minimum absolute atomic E-state index is 0.176. The van der Waals surface area contributed by atoms with Crippen molar-refractivity contribution >= 4 is 34.9 Å². The van der Waals surface area contributed by atoms with Crippen molar-refractivity contribution < 1.29 is 28.2 Å². The van der Waals surface area contributed by atoms with Gasteiger partial charge in [-0.15, -0.1) is 11.3 Å².